The number of anilines is 2. The second-order valence-corrected chi connectivity index (χ2v) is 5.33. The first-order chi connectivity index (χ1) is 11.0. The summed E-state index contributed by atoms with van der Waals surface area (Å²) in [7, 11) is 1.66. The first-order valence-electron chi connectivity index (χ1n) is 7.11. The zero-order valence-corrected chi connectivity index (χ0v) is 12.9. The van der Waals surface area contributed by atoms with Gasteiger partial charge in [0.1, 0.15) is 5.82 Å². The molecule has 0 saturated carbocycles. The Morgan fingerprint density at radius 3 is 2.78 bits per heavy atom. The number of nitrogen functional groups attached to an aromatic ring is 2. The smallest absolute Gasteiger partial charge is 0.161 e. The molecule has 0 bridgehead atoms. The number of H-pyrrole nitrogens is 1. The number of aliphatic imine (C=N–C) groups is 1. The first-order valence-corrected chi connectivity index (χ1v) is 7.11. The molecule has 0 atom stereocenters. The van der Waals surface area contributed by atoms with Crippen LogP contribution in [0.15, 0.2) is 35.6 Å². The van der Waals surface area contributed by atoms with E-state index in [4.69, 9.17) is 11.5 Å². The predicted molar refractivity (Wildman–Crippen MR) is 93.9 cm³/mol. The van der Waals surface area contributed by atoms with Crippen LogP contribution in [-0.2, 0) is 0 Å². The number of fused-ring (bicyclic) bond motifs is 1. The van der Waals surface area contributed by atoms with Crippen LogP contribution in [0, 0.1) is 0 Å². The van der Waals surface area contributed by atoms with Gasteiger partial charge in [0, 0.05) is 41.5 Å². The zero-order chi connectivity index (χ0) is 16.6. The van der Waals surface area contributed by atoms with Crippen molar-refractivity contribution in [1.82, 2.24) is 9.97 Å². The summed E-state index contributed by atoms with van der Waals surface area (Å²) in [5.74, 6) is 0.354. The number of hydrogen-bond donors (Lipinski definition) is 3. The minimum absolute atomic E-state index is 0.0869. The molecule has 116 valence electrons. The molecule has 0 saturated heterocycles. The van der Waals surface area contributed by atoms with Crippen molar-refractivity contribution in [2.45, 2.75) is 6.92 Å². The van der Waals surface area contributed by atoms with Crippen molar-refractivity contribution in [3.05, 3.63) is 41.7 Å². The summed E-state index contributed by atoms with van der Waals surface area (Å²) in [6, 6.07) is 5.51. The Kier molecular flexibility index (Phi) is 3.57. The lowest BCUT2D eigenvalue weighted by molar-refractivity contribution is 0.101. The van der Waals surface area contributed by atoms with Crippen molar-refractivity contribution in [3.8, 4) is 11.1 Å². The molecular weight excluding hydrogens is 290 g/mol. The fraction of sp³-hybridized carbons (Fsp3) is 0.118. The van der Waals surface area contributed by atoms with Gasteiger partial charge in [-0.05, 0) is 30.7 Å². The molecule has 0 radical (unpaired) electrons. The number of pyridine rings is 1. The number of nitrogens with zero attached hydrogens (tertiary/aromatic N) is 2. The van der Waals surface area contributed by atoms with Gasteiger partial charge in [-0.2, -0.15) is 0 Å². The van der Waals surface area contributed by atoms with Crippen LogP contribution >= 0.6 is 0 Å². The molecule has 2 aromatic heterocycles. The molecule has 0 aliphatic carbocycles. The quantitative estimate of drug-likeness (QED) is 0.392. The van der Waals surface area contributed by atoms with Crippen LogP contribution in [0.3, 0.4) is 0 Å². The Labute approximate surface area is 133 Å². The lowest BCUT2D eigenvalue weighted by Gasteiger charge is -2.10. The van der Waals surface area contributed by atoms with Gasteiger partial charge in [0.05, 0.1) is 17.4 Å². The molecule has 3 rings (SSSR count). The highest BCUT2D eigenvalue weighted by atomic mass is 16.1. The Morgan fingerprint density at radius 1 is 1.30 bits per heavy atom. The number of Topliss-reactive ketones (excluding diaryl/α,β-unsaturated/α-hetero) is 1. The number of aromatic amines is 1. The maximum absolute atomic E-state index is 11.9. The van der Waals surface area contributed by atoms with E-state index in [0.29, 0.717) is 22.6 Å². The number of hydrogen-bond acceptors (Lipinski definition) is 5. The van der Waals surface area contributed by atoms with Gasteiger partial charge in [0.25, 0.3) is 0 Å². The molecule has 23 heavy (non-hydrogen) atoms. The summed E-state index contributed by atoms with van der Waals surface area (Å²) < 4.78 is 0. The van der Waals surface area contributed by atoms with Crippen LogP contribution in [0.25, 0.3) is 22.0 Å². The first kappa shape index (κ1) is 14.8. The topological polar surface area (TPSA) is 110 Å². The molecule has 6 nitrogen and oxygen atoms in total. The van der Waals surface area contributed by atoms with Gasteiger partial charge in [-0.15, -0.1) is 0 Å². The summed E-state index contributed by atoms with van der Waals surface area (Å²) in [4.78, 5) is 23.1. The van der Waals surface area contributed by atoms with Gasteiger partial charge in [-0.25, -0.2) is 4.98 Å². The fourth-order valence-electron chi connectivity index (χ4n) is 2.64. The maximum Gasteiger partial charge on any atom is 0.161 e. The molecule has 5 N–H and O–H groups in total. The third kappa shape index (κ3) is 2.55. The molecule has 6 heteroatoms. The largest absolute Gasteiger partial charge is 0.398 e. The summed E-state index contributed by atoms with van der Waals surface area (Å²) >= 11 is 0. The predicted octanol–water partition coefficient (Wildman–Crippen LogP) is 2.65. The third-order valence-electron chi connectivity index (χ3n) is 3.76. The lowest BCUT2D eigenvalue weighted by Crippen LogP contribution is -2.04. The summed E-state index contributed by atoms with van der Waals surface area (Å²) in [5, 5.41) is 0.941. The number of carbonyl (C=O) groups is 1. The minimum atomic E-state index is -0.0869. The number of nitrogens with one attached hydrogen (secondary N) is 1. The van der Waals surface area contributed by atoms with Gasteiger partial charge in [0.15, 0.2) is 5.78 Å². The third-order valence-corrected chi connectivity index (χ3v) is 3.76. The second kappa shape index (κ2) is 5.57. The summed E-state index contributed by atoms with van der Waals surface area (Å²) in [6.45, 7) is 1.50. The van der Waals surface area contributed by atoms with Gasteiger partial charge < -0.3 is 16.5 Å². The van der Waals surface area contributed by atoms with Crippen molar-refractivity contribution in [1.29, 1.82) is 0 Å². The zero-order valence-electron chi connectivity index (χ0n) is 12.9. The van der Waals surface area contributed by atoms with E-state index in [-0.39, 0.29) is 5.78 Å². The van der Waals surface area contributed by atoms with E-state index in [1.54, 1.807) is 31.6 Å². The fourth-order valence-corrected chi connectivity index (χ4v) is 2.64. The number of benzene rings is 1. The SMILES string of the molecule is C/N=C\c1cc(-c2c[nH]c3cnc(N)cc23)cc(C(C)=O)c1N. The van der Waals surface area contributed by atoms with Crippen LogP contribution in [0.2, 0.25) is 0 Å². The average Bonchev–Trinajstić information content (AvgIpc) is 2.92. The van der Waals surface area contributed by atoms with E-state index in [1.165, 1.54) is 6.92 Å². The van der Waals surface area contributed by atoms with Gasteiger partial charge in [0.2, 0.25) is 0 Å². The maximum atomic E-state index is 11.9. The van der Waals surface area contributed by atoms with E-state index in [0.717, 1.165) is 22.0 Å². The highest BCUT2D eigenvalue weighted by Crippen LogP contribution is 2.32. The normalized spacial score (nSPS) is 11.4. The van der Waals surface area contributed by atoms with E-state index >= 15 is 0 Å². The standard InChI is InChI=1S/C17H17N5O/c1-9(23)12-4-10(3-11(6-20-2)17(12)19)14-7-21-15-8-22-16(18)5-13(14)15/h3-8,21H,19H2,1-2H3,(H2,18,22)/b20-6-. The van der Waals surface area contributed by atoms with Crippen molar-refractivity contribution in [2.24, 2.45) is 4.99 Å². The highest BCUT2D eigenvalue weighted by molar-refractivity contribution is 6.06. The molecule has 0 unspecified atom stereocenters. The van der Waals surface area contributed by atoms with Crippen molar-refractivity contribution < 1.29 is 4.79 Å². The van der Waals surface area contributed by atoms with E-state index in [2.05, 4.69) is 15.0 Å². The molecular formula is C17H17N5O. The minimum Gasteiger partial charge on any atom is -0.398 e. The molecule has 0 spiro atoms. The molecule has 0 fully saturated rings. The number of nitrogens with two attached hydrogens (primary N) is 2. The van der Waals surface area contributed by atoms with E-state index in [1.807, 2.05) is 12.3 Å². The molecule has 3 aromatic rings. The number of aromatic nitrogens is 2. The monoisotopic (exact) mass is 307 g/mol. The van der Waals surface area contributed by atoms with Crippen LogP contribution in [0.5, 0.6) is 0 Å². The Bertz CT molecular complexity index is 940. The van der Waals surface area contributed by atoms with Gasteiger partial charge in [-0.1, -0.05) is 0 Å². The summed E-state index contributed by atoms with van der Waals surface area (Å²) in [6.07, 6.45) is 5.20. The Balaban J connectivity index is 2.29. The van der Waals surface area contributed by atoms with Gasteiger partial charge in [-0.3, -0.25) is 9.79 Å². The average molecular weight is 307 g/mol. The molecule has 2 heterocycles. The number of rotatable bonds is 3. The van der Waals surface area contributed by atoms with Crippen LogP contribution in [0.1, 0.15) is 22.8 Å². The van der Waals surface area contributed by atoms with Crippen molar-refractivity contribution in [3.63, 3.8) is 0 Å². The van der Waals surface area contributed by atoms with Crippen molar-refractivity contribution in [2.75, 3.05) is 18.5 Å². The highest BCUT2D eigenvalue weighted by Gasteiger charge is 2.14. The molecule has 0 amide bonds. The van der Waals surface area contributed by atoms with Crippen molar-refractivity contribution >= 4 is 34.4 Å². The molecule has 0 aliphatic rings. The number of carbonyl (C=O) groups excluding carboxylic acids is 1. The van der Waals surface area contributed by atoms with E-state index in [9.17, 15) is 4.79 Å². The van der Waals surface area contributed by atoms with Gasteiger partial charge >= 0.3 is 0 Å². The summed E-state index contributed by atoms with van der Waals surface area (Å²) in [5.41, 5.74) is 16.2. The van der Waals surface area contributed by atoms with Crippen LogP contribution in [-0.4, -0.2) is 29.0 Å². The Hall–Kier alpha value is -3.15. The lowest BCUT2D eigenvalue weighted by atomic mass is 9.96. The number of ketones is 1. The van der Waals surface area contributed by atoms with E-state index < -0.39 is 0 Å². The molecule has 1 aromatic carbocycles. The van der Waals surface area contributed by atoms with Crippen LogP contribution in [0.4, 0.5) is 11.5 Å². The van der Waals surface area contributed by atoms with Crippen LogP contribution < -0.4 is 11.5 Å². The Morgan fingerprint density at radius 2 is 2.09 bits per heavy atom. The molecule has 0 aliphatic heterocycles. The second-order valence-electron chi connectivity index (χ2n) is 5.33.